The van der Waals surface area contributed by atoms with Crippen LogP contribution in [0.4, 0.5) is 11.6 Å². The van der Waals surface area contributed by atoms with Crippen LogP contribution in [0.15, 0.2) is 82.4 Å². The van der Waals surface area contributed by atoms with Gasteiger partial charge in [-0.3, -0.25) is 0 Å². The molecule has 6 aliphatic heterocycles. The van der Waals surface area contributed by atoms with E-state index in [1.54, 1.807) is 22.8 Å². The Kier molecular flexibility index (Phi) is 20.9. The molecular formula is C62H81BBr2Cl3N15O5. The van der Waals surface area contributed by atoms with Gasteiger partial charge in [-0.05, 0) is 168 Å². The smallest absolute Gasteiger partial charge is 0.423 e. The van der Waals surface area contributed by atoms with E-state index >= 15 is 0 Å². The van der Waals surface area contributed by atoms with Crippen molar-refractivity contribution >= 4 is 107 Å². The minimum atomic E-state index is -1.48. The van der Waals surface area contributed by atoms with Gasteiger partial charge in [0.05, 0.1) is 84.5 Å². The molecule has 9 N–H and O–H groups in total. The van der Waals surface area contributed by atoms with E-state index in [2.05, 4.69) is 88.0 Å². The predicted octanol–water partition coefficient (Wildman–Crippen LogP) is 9.02. The zero-order valence-electron chi connectivity index (χ0n) is 51.2. The average molecular weight is 1390 g/mol. The minimum Gasteiger partial charge on any atom is -0.423 e. The van der Waals surface area contributed by atoms with Crippen molar-refractivity contribution in [2.45, 2.75) is 130 Å². The Hall–Kier alpha value is -4.57. The van der Waals surface area contributed by atoms with Gasteiger partial charge in [0, 0.05) is 76.6 Å². The molecule has 2 aromatic carbocycles. The topological polar surface area (TPSA) is 255 Å². The lowest BCUT2D eigenvalue weighted by molar-refractivity contribution is 0.0952. The van der Waals surface area contributed by atoms with Gasteiger partial charge in [0.1, 0.15) is 25.8 Å². The number of nitrogens with zero attached hydrogens (tertiary/aromatic N) is 11. The molecule has 0 radical (unpaired) electrons. The number of hydrogen-bond donors (Lipinski definition) is 6. The number of ether oxygens (including phenoxy) is 3. The molecule has 0 amide bonds. The van der Waals surface area contributed by atoms with Crippen LogP contribution >= 0.6 is 66.7 Å². The third kappa shape index (κ3) is 13.2. The van der Waals surface area contributed by atoms with Gasteiger partial charge in [-0.2, -0.15) is 15.3 Å². The SMILES string of the molecule is C[C@@H]1OCC2(CCNCC2)[C@@H]1N.Cc1cccc(-c2c(C)nc(N3CCC4(CC3)CO[C@@H](C)[C@H]4N)c3ccnn23)c1Cl.Cc1cccc(B(O)O)c1Cl.Cc1nc(Cl)c2ccnn2c1Br.Cc1nc(N2CCC3(CC2)CO[C@@H](C)[C@H]3N)c2ccnn2c1Br. The second kappa shape index (κ2) is 27.7. The van der Waals surface area contributed by atoms with Crippen molar-refractivity contribution < 1.29 is 24.3 Å². The van der Waals surface area contributed by atoms with Gasteiger partial charge in [-0.15, -0.1) is 0 Å². The molecule has 6 aromatic heterocycles. The number of piperidine rings is 3. The molecule has 14 rings (SSSR count). The Morgan fingerprint density at radius 2 is 0.955 bits per heavy atom. The van der Waals surface area contributed by atoms with Crippen LogP contribution in [-0.2, 0) is 14.2 Å². The van der Waals surface area contributed by atoms with Gasteiger partial charge in [0.25, 0.3) is 0 Å². The first-order chi connectivity index (χ1) is 42.0. The third-order valence-corrected chi connectivity index (χ3v) is 22.3. The molecule has 6 saturated heterocycles. The molecule has 3 spiro atoms. The standard InChI is InChI=1S/C23H28ClN5O.C16H22BrN5O.C9H18N2O.C7H8BClO2.C7H5BrClN3/c1-14-5-4-6-17(19(14)24)20-15(2)27-22(18-7-10-26-29(18)20)28-11-8-23(9-12-28)13-30-16(3)21(23)25;1-10-14(17)22-12(3-6-19-22)15(20-10)21-7-4-16(5-8-21)9-23-11(2)13(16)18;1-7-8(10)9(6-12-7)2-4-11-5-3-9;1-5-3-2-4-6(7(5)9)8(10)11;1-4-6(8)12-5(2-3-10-12)7(9)11-4/h4-7,10,16,21H,8-9,11-13,25H2,1-3H3;3,6,11,13H,4-5,7-9,18H2,1-2H3;7-8,11H,2-6,10H2,1H3;2-4,10-11H,1H3;2-3H,1H3/t16-,21+;11-,13+;7-,8+;;/m000../s1. The summed E-state index contributed by atoms with van der Waals surface area (Å²) in [6, 6.07) is 17.6. The van der Waals surface area contributed by atoms with Crippen LogP contribution in [0.5, 0.6) is 0 Å². The number of aromatic nitrogens is 9. The summed E-state index contributed by atoms with van der Waals surface area (Å²) in [7, 11) is -1.48. The van der Waals surface area contributed by atoms with E-state index in [0.717, 1.165) is 167 Å². The summed E-state index contributed by atoms with van der Waals surface area (Å²) in [5, 5.41) is 35.7. The lowest BCUT2D eigenvalue weighted by Gasteiger charge is -2.41. The van der Waals surface area contributed by atoms with Crippen molar-refractivity contribution in [3.05, 3.63) is 126 Å². The maximum Gasteiger partial charge on any atom is 0.489 e. The minimum absolute atomic E-state index is 0.0938. The maximum atomic E-state index is 8.80. The van der Waals surface area contributed by atoms with Crippen molar-refractivity contribution in [2.75, 3.05) is 68.9 Å². The van der Waals surface area contributed by atoms with E-state index < -0.39 is 7.12 Å². The van der Waals surface area contributed by atoms with E-state index in [9.17, 15) is 0 Å². The molecule has 8 aromatic rings. The monoisotopic (exact) mass is 1390 g/mol. The van der Waals surface area contributed by atoms with Gasteiger partial charge in [-0.25, -0.2) is 28.5 Å². The summed E-state index contributed by atoms with van der Waals surface area (Å²) < 4.78 is 24.7. The van der Waals surface area contributed by atoms with Gasteiger partial charge >= 0.3 is 7.12 Å². The molecule has 6 fully saturated rings. The van der Waals surface area contributed by atoms with Crippen molar-refractivity contribution in [3.63, 3.8) is 0 Å². The summed E-state index contributed by atoms with van der Waals surface area (Å²) in [5.41, 5.74) is 29.3. The van der Waals surface area contributed by atoms with Crippen molar-refractivity contribution in [3.8, 4) is 11.3 Å². The number of fused-ring (bicyclic) bond motifs is 3. The quantitative estimate of drug-likeness (QED) is 0.0899. The molecule has 0 unspecified atom stereocenters. The molecule has 6 atom stereocenters. The first-order valence-corrected chi connectivity index (χ1v) is 32.9. The fourth-order valence-electron chi connectivity index (χ4n) is 13.3. The normalized spacial score (nSPS) is 23.4. The van der Waals surface area contributed by atoms with Gasteiger partial charge in [0.15, 0.2) is 16.8 Å². The number of halogens is 5. The summed E-state index contributed by atoms with van der Waals surface area (Å²) in [6.07, 6.45) is 12.4. The molecular weight excluding hydrogens is 1310 g/mol. The summed E-state index contributed by atoms with van der Waals surface area (Å²) in [5.74, 6) is 1.99. The van der Waals surface area contributed by atoms with Crippen LogP contribution in [0.25, 0.3) is 27.8 Å². The van der Waals surface area contributed by atoms with Gasteiger partial charge in [-0.1, -0.05) is 71.2 Å². The predicted molar refractivity (Wildman–Crippen MR) is 357 cm³/mol. The number of nitrogens with one attached hydrogen (secondary N) is 1. The fourth-order valence-corrected chi connectivity index (χ4v) is 14.7. The molecule has 0 bridgehead atoms. The second-order valence-corrected chi connectivity index (χ2v) is 27.2. The summed E-state index contributed by atoms with van der Waals surface area (Å²) in [4.78, 5) is 18.7. The highest BCUT2D eigenvalue weighted by atomic mass is 79.9. The number of benzene rings is 2. The summed E-state index contributed by atoms with van der Waals surface area (Å²) >= 11 is 25.2. The lowest BCUT2D eigenvalue weighted by atomic mass is 9.73. The average Bonchev–Trinajstić information content (AvgIpc) is 1.92. The van der Waals surface area contributed by atoms with Crippen LogP contribution < -0.4 is 37.8 Å². The van der Waals surface area contributed by atoms with E-state index in [1.165, 1.54) is 12.8 Å². The van der Waals surface area contributed by atoms with Crippen molar-refractivity contribution in [1.82, 2.24) is 49.1 Å². The van der Waals surface area contributed by atoms with Crippen LogP contribution in [-0.4, -0.2) is 156 Å². The van der Waals surface area contributed by atoms with Gasteiger partial charge < -0.3 is 56.6 Å². The number of aryl methyl sites for hydroxylation is 5. The molecule has 6 aliphatic rings. The third-order valence-electron chi connectivity index (χ3n) is 19.1. The molecule has 472 valence electrons. The molecule has 12 heterocycles. The number of hydrogen-bond acceptors (Lipinski definition) is 17. The Bertz CT molecular complexity index is 3730. The highest BCUT2D eigenvalue weighted by Crippen LogP contribution is 2.45. The largest absolute Gasteiger partial charge is 0.489 e. The Balaban J connectivity index is 0.000000130. The summed E-state index contributed by atoms with van der Waals surface area (Å²) in [6.45, 7) is 24.4. The Morgan fingerprint density at radius 1 is 0.545 bits per heavy atom. The number of anilines is 2. The van der Waals surface area contributed by atoms with E-state index in [4.69, 9.17) is 86.2 Å². The number of nitrogens with two attached hydrogens (primary N) is 3. The van der Waals surface area contributed by atoms with Crippen molar-refractivity contribution in [1.29, 1.82) is 0 Å². The number of rotatable bonds is 4. The zero-order chi connectivity index (χ0) is 63.0. The molecule has 0 aliphatic carbocycles. The lowest BCUT2D eigenvalue weighted by Crippen LogP contribution is -2.50. The van der Waals surface area contributed by atoms with Crippen molar-refractivity contribution in [2.24, 2.45) is 33.4 Å². The first kappa shape index (κ1) is 66.4. The molecule has 0 saturated carbocycles. The molecule has 88 heavy (non-hydrogen) atoms. The fraction of sp³-hybridized carbons (Fsp3) is 0.516. The van der Waals surface area contributed by atoms with E-state index in [-0.39, 0.29) is 47.3 Å². The maximum absolute atomic E-state index is 8.80. The second-order valence-electron chi connectivity index (χ2n) is 24.6. The highest BCUT2D eigenvalue weighted by molar-refractivity contribution is 9.10. The van der Waals surface area contributed by atoms with E-state index in [1.807, 2.05) is 98.5 Å². The highest BCUT2D eigenvalue weighted by Gasteiger charge is 2.50. The molecule has 20 nitrogen and oxygen atoms in total. The molecule has 26 heteroatoms. The zero-order valence-corrected chi connectivity index (χ0v) is 56.7. The Morgan fingerprint density at radius 3 is 1.42 bits per heavy atom. The van der Waals surface area contributed by atoms with Crippen LogP contribution in [0.2, 0.25) is 15.2 Å². The van der Waals surface area contributed by atoms with E-state index in [0.29, 0.717) is 21.1 Å². The van der Waals surface area contributed by atoms with Crippen LogP contribution in [0.3, 0.4) is 0 Å². The van der Waals surface area contributed by atoms with Crippen LogP contribution in [0, 0.1) is 50.9 Å². The first-order valence-electron chi connectivity index (χ1n) is 30.2. The Labute approximate surface area is 546 Å². The van der Waals surface area contributed by atoms with Gasteiger partial charge in [0.2, 0.25) is 0 Å². The van der Waals surface area contributed by atoms with Crippen LogP contribution in [0.1, 0.15) is 87.5 Å².